The lowest BCUT2D eigenvalue weighted by Gasteiger charge is -2.34. The lowest BCUT2D eigenvalue weighted by atomic mass is 9.96. The standard InChI is InChI=1S/C30H33N5O3S/c1-19-16-30(3,4)35(18-19)28-24(29(36)34-39(37,38)27-10-7-15-32-26(27)17-31)13-14-25(33-28)23-12-11-20(2)21-8-5-6-9-22(21)23/h5-15,19H,16-18,31H2,1-4H3,(H,34,36)/t19-/m0/s1. The molecule has 0 aliphatic carbocycles. The van der Waals surface area contributed by atoms with Crippen LogP contribution in [-0.2, 0) is 16.6 Å². The summed E-state index contributed by atoms with van der Waals surface area (Å²) in [5.41, 5.74) is 8.64. The molecule has 1 atom stereocenters. The Bertz CT molecular complexity index is 1680. The molecule has 1 fully saturated rings. The van der Waals surface area contributed by atoms with Gasteiger partial charge in [0, 0.05) is 30.4 Å². The number of carbonyl (C=O) groups excluding carboxylic acids is 1. The highest BCUT2D eigenvalue weighted by Crippen LogP contribution is 2.39. The smallest absolute Gasteiger partial charge is 0.268 e. The molecule has 1 aliphatic rings. The number of nitrogens with two attached hydrogens (primary N) is 1. The van der Waals surface area contributed by atoms with Gasteiger partial charge in [-0.25, -0.2) is 18.1 Å². The number of hydrogen-bond acceptors (Lipinski definition) is 7. The average Bonchev–Trinajstić information content (AvgIpc) is 3.19. The van der Waals surface area contributed by atoms with Crippen molar-refractivity contribution >= 4 is 32.5 Å². The van der Waals surface area contributed by atoms with Gasteiger partial charge in [0.25, 0.3) is 15.9 Å². The van der Waals surface area contributed by atoms with Crippen molar-refractivity contribution in [3.63, 3.8) is 0 Å². The van der Waals surface area contributed by atoms with Crippen molar-refractivity contribution in [2.75, 3.05) is 11.4 Å². The summed E-state index contributed by atoms with van der Waals surface area (Å²) >= 11 is 0. The van der Waals surface area contributed by atoms with Crippen LogP contribution in [-0.4, -0.2) is 36.4 Å². The van der Waals surface area contributed by atoms with Crippen LogP contribution in [0.4, 0.5) is 5.82 Å². The second-order valence-corrected chi connectivity index (χ2v) is 12.5. The summed E-state index contributed by atoms with van der Waals surface area (Å²) in [6, 6.07) is 18.6. The molecule has 4 aromatic rings. The van der Waals surface area contributed by atoms with E-state index in [9.17, 15) is 13.2 Å². The lowest BCUT2D eigenvalue weighted by molar-refractivity contribution is 0.0981. The van der Waals surface area contributed by atoms with Crippen LogP contribution in [0, 0.1) is 12.8 Å². The fourth-order valence-electron chi connectivity index (χ4n) is 5.67. The van der Waals surface area contributed by atoms with Crippen LogP contribution < -0.4 is 15.4 Å². The number of hydrogen-bond donors (Lipinski definition) is 2. The normalized spacial score (nSPS) is 16.9. The first-order valence-corrected chi connectivity index (χ1v) is 14.5. The first kappa shape index (κ1) is 26.8. The van der Waals surface area contributed by atoms with E-state index in [4.69, 9.17) is 10.7 Å². The monoisotopic (exact) mass is 543 g/mol. The van der Waals surface area contributed by atoms with Crippen molar-refractivity contribution in [3.8, 4) is 11.3 Å². The van der Waals surface area contributed by atoms with Crippen LogP contribution in [0.1, 0.15) is 48.8 Å². The van der Waals surface area contributed by atoms with Crippen LogP contribution in [0.5, 0.6) is 0 Å². The number of nitrogens with one attached hydrogen (secondary N) is 1. The van der Waals surface area contributed by atoms with Crippen LogP contribution in [0.2, 0.25) is 0 Å². The number of carbonyl (C=O) groups is 1. The van der Waals surface area contributed by atoms with E-state index in [-0.39, 0.29) is 28.2 Å². The molecule has 2 aromatic heterocycles. The zero-order valence-electron chi connectivity index (χ0n) is 22.6. The van der Waals surface area contributed by atoms with Gasteiger partial charge in [-0.2, -0.15) is 0 Å². The molecule has 5 rings (SSSR count). The second-order valence-electron chi connectivity index (χ2n) is 10.9. The van der Waals surface area contributed by atoms with Crippen molar-refractivity contribution in [1.82, 2.24) is 14.7 Å². The minimum absolute atomic E-state index is 0.0723. The third-order valence-corrected chi connectivity index (χ3v) is 8.83. The lowest BCUT2D eigenvalue weighted by Crippen LogP contribution is -2.41. The predicted molar refractivity (Wildman–Crippen MR) is 154 cm³/mol. The van der Waals surface area contributed by atoms with E-state index >= 15 is 0 Å². The molecule has 39 heavy (non-hydrogen) atoms. The van der Waals surface area contributed by atoms with Crippen molar-refractivity contribution in [2.24, 2.45) is 11.7 Å². The summed E-state index contributed by atoms with van der Waals surface area (Å²) < 4.78 is 28.7. The summed E-state index contributed by atoms with van der Waals surface area (Å²) in [6.45, 7) is 9.11. The number of benzene rings is 2. The van der Waals surface area contributed by atoms with Crippen LogP contribution >= 0.6 is 0 Å². The number of amides is 1. The fourth-order valence-corrected chi connectivity index (χ4v) is 6.84. The van der Waals surface area contributed by atoms with Crippen molar-refractivity contribution in [3.05, 3.63) is 83.7 Å². The second kappa shape index (κ2) is 10.1. The van der Waals surface area contributed by atoms with Gasteiger partial charge >= 0.3 is 0 Å². The van der Waals surface area contributed by atoms with Gasteiger partial charge in [0.2, 0.25) is 0 Å². The fraction of sp³-hybridized carbons (Fsp3) is 0.300. The van der Waals surface area contributed by atoms with Gasteiger partial charge in [-0.05, 0) is 73.7 Å². The average molecular weight is 544 g/mol. The van der Waals surface area contributed by atoms with Crippen LogP contribution in [0.3, 0.4) is 0 Å². The molecule has 8 nitrogen and oxygen atoms in total. The van der Waals surface area contributed by atoms with Crippen LogP contribution in [0.25, 0.3) is 22.0 Å². The largest absolute Gasteiger partial charge is 0.351 e. The van der Waals surface area contributed by atoms with Gasteiger partial charge in [0.15, 0.2) is 0 Å². The van der Waals surface area contributed by atoms with Gasteiger partial charge in [-0.3, -0.25) is 9.78 Å². The molecule has 1 aliphatic heterocycles. The first-order valence-electron chi connectivity index (χ1n) is 13.0. The highest BCUT2D eigenvalue weighted by molar-refractivity contribution is 7.90. The van der Waals surface area contributed by atoms with E-state index in [2.05, 4.69) is 60.5 Å². The predicted octanol–water partition coefficient (Wildman–Crippen LogP) is 4.81. The summed E-state index contributed by atoms with van der Waals surface area (Å²) in [6.07, 6.45) is 2.39. The Morgan fingerprint density at radius 3 is 2.51 bits per heavy atom. The molecule has 9 heteroatoms. The summed E-state index contributed by atoms with van der Waals surface area (Å²) in [4.78, 5) is 24.7. The maximum Gasteiger partial charge on any atom is 0.268 e. The summed E-state index contributed by atoms with van der Waals surface area (Å²) in [5, 5.41) is 2.20. The highest BCUT2D eigenvalue weighted by atomic mass is 32.2. The third kappa shape index (κ3) is 4.99. The Labute approximate surface area is 229 Å². The van der Waals surface area contributed by atoms with E-state index in [1.807, 2.05) is 18.2 Å². The molecular formula is C30H33N5O3S. The zero-order chi connectivity index (χ0) is 27.9. The topological polar surface area (TPSA) is 118 Å². The first-order chi connectivity index (χ1) is 18.5. The molecule has 1 amide bonds. The zero-order valence-corrected chi connectivity index (χ0v) is 23.4. The van der Waals surface area contributed by atoms with E-state index in [0.29, 0.717) is 24.0 Å². The number of rotatable bonds is 6. The quantitative estimate of drug-likeness (QED) is 0.358. The van der Waals surface area contributed by atoms with Crippen molar-refractivity contribution in [2.45, 2.75) is 51.1 Å². The number of aromatic nitrogens is 2. The highest BCUT2D eigenvalue weighted by Gasteiger charge is 2.39. The van der Waals surface area contributed by atoms with Gasteiger partial charge in [0.05, 0.1) is 17.0 Å². The molecule has 0 unspecified atom stereocenters. The molecule has 0 spiro atoms. The maximum atomic E-state index is 13.6. The number of aryl methyl sites for hydroxylation is 1. The molecular weight excluding hydrogens is 510 g/mol. The third-order valence-electron chi connectivity index (χ3n) is 7.42. The molecule has 3 N–H and O–H groups in total. The minimum Gasteiger partial charge on any atom is -0.351 e. The SMILES string of the molecule is Cc1ccc(-c2ccc(C(=O)NS(=O)(=O)c3cccnc3CN)c(N3C[C@@H](C)CC3(C)C)n2)c2ccccc12. The summed E-state index contributed by atoms with van der Waals surface area (Å²) in [5.74, 6) is 0.0947. The van der Waals surface area contributed by atoms with E-state index in [1.54, 1.807) is 12.1 Å². The van der Waals surface area contributed by atoms with Gasteiger partial charge in [-0.15, -0.1) is 0 Å². The Morgan fingerprint density at radius 1 is 1.08 bits per heavy atom. The minimum atomic E-state index is -4.21. The molecule has 1 saturated heterocycles. The number of nitrogens with zero attached hydrogens (tertiary/aromatic N) is 3. The molecule has 0 radical (unpaired) electrons. The number of sulfonamides is 1. The van der Waals surface area contributed by atoms with E-state index in [1.165, 1.54) is 18.3 Å². The molecule has 2 aromatic carbocycles. The van der Waals surface area contributed by atoms with Crippen molar-refractivity contribution in [1.29, 1.82) is 0 Å². The number of pyridine rings is 2. The summed E-state index contributed by atoms with van der Waals surface area (Å²) in [7, 11) is -4.21. The Balaban J connectivity index is 1.63. The van der Waals surface area contributed by atoms with Gasteiger partial charge < -0.3 is 10.6 Å². The number of fused-ring (bicyclic) bond motifs is 1. The van der Waals surface area contributed by atoms with E-state index in [0.717, 1.165) is 28.3 Å². The molecule has 3 heterocycles. The molecule has 0 saturated carbocycles. The Hall–Kier alpha value is -3.82. The van der Waals surface area contributed by atoms with Gasteiger partial charge in [0.1, 0.15) is 10.7 Å². The number of anilines is 1. The van der Waals surface area contributed by atoms with E-state index < -0.39 is 15.9 Å². The Kier molecular flexibility index (Phi) is 6.90. The van der Waals surface area contributed by atoms with Crippen LogP contribution in [0.15, 0.2) is 71.8 Å². The molecule has 0 bridgehead atoms. The van der Waals surface area contributed by atoms with Crippen molar-refractivity contribution < 1.29 is 13.2 Å². The Morgan fingerprint density at radius 2 is 1.82 bits per heavy atom. The van der Waals surface area contributed by atoms with Gasteiger partial charge in [-0.1, -0.05) is 43.3 Å². The molecule has 202 valence electrons. The maximum absolute atomic E-state index is 13.6.